The summed E-state index contributed by atoms with van der Waals surface area (Å²) < 4.78 is 34.2. The van der Waals surface area contributed by atoms with E-state index in [-0.39, 0.29) is 23.4 Å². The van der Waals surface area contributed by atoms with E-state index in [9.17, 15) is 18.0 Å². The third kappa shape index (κ3) is 7.79. The van der Waals surface area contributed by atoms with Gasteiger partial charge in [0, 0.05) is 17.5 Å². The van der Waals surface area contributed by atoms with Crippen molar-refractivity contribution in [3.8, 4) is 5.75 Å². The van der Waals surface area contributed by atoms with E-state index in [1.165, 1.54) is 16.7 Å². The van der Waals surface area contributed by atoms with E-state index in [1.807, 2.05) is 39.2 Å². The van der Waals surface area contributed by atoms with Gasteiger partial charge in [-0.3, -0.25) is 13.9 Å². The van der Waals surface area contributed by atoms with Crippen LogP contribution in [0.25, 0.3) is 0 Å². The molecule has 3 aromatic carbocycles. The number of carbonyl (C=O) groups is 2. The van der Waals surface area contributed by atoms with Crippen molar-refractivity contribution in [3.63, 3.8) is 0 Å². The van der Waals surface area contributed by atoms with Crippen LogP contribution in [-0.4, -0.2) is 57.1 Å². The third-order valence-corrected chi connectivity index (χ3v) is 8.89. The first-order chi connectivity index (χ1) is 19.0. The van der Waals surface area contributed by atoms with Gasteiger partial charge in [0.05, 0.1) is 17.7 Å². The van der Waals surface area contributed by atoms with Gasteiger partial charge in [-0.05, 0) is 88.0 Å². The molecular formula is C30H37N3O5S2. The quantitative estimate of drug-likeness (QED) is 0.306. The average molecular weight is 584 g/mol. The minimum absolute atomic E-state index is 0.0750. The molecule has 0 saturated carbocycles. The molecule has 0 saturated heterocycles. The largest absolute Gasteiger partial charge is 0.497 e. The monoisotopic (exact) mass is 583 g/mol. The molecular weight excluding hydrogens is 546 g/mol. The Balaban J connectivity index is 2.01. The molecule has 1 atom stereocenters. The fourth-order valence-corrected chi connectivity index (χ4v) is 5.85. The normalized spacial score (nSPS) is 12.1. The van der Waals surface area contributed by atoms with Gasteiger partial charge in [-0.15, -0.1) is 11.8 Å². The number of methoxy groups -OCH3 is 1. The van der Waals surface area contributed by atoms with Crippen LogP contribution in [0.3, 0.4) is 0 Å². The van der Waals surface area contributed by atoms with Gasteiger partial charge in [0.25, 0.3) is 10.0 Å². The van der Waals surface area contributed by atoms with Crippen molar-refractivity contribution in [1.82, 2.24) is 10.2 Å². The highest BCUT2D eigenvalue weighted by molar-refractivity contribution is 7.98. The van der Waals surface area contributed by atoms with Gasteiger partial charge in [-0.25, -0.2) is 8.42 Å². The fraction of sp³-hybridized carbons (Fsp3) is 0.333. The summed E-state index contributed by atoms with van der Waals surface area (Å²) in [6, 6.07) is 19.7. The van der Waals surface area contributed by atoms with Crippen LogP contribution in [0, 0.1) is 6.92 Å². The predicted octanol–water partition coefficient (Wildman–Crippen LogP) is 4.86. The molecule has 0 aromatic heterocycles. The maximum absolute atomic E-state index is 13.9. The van der Waals surface area contributed by atoms with Crippen LogP contribution in [0.15, 0.2) is 82.6 Å². The van der Waals surface area contributed by atoms with E-state index in [2.05, 4.69) is 5.32 Å². The number of nitrogens with one attached hydrogen (secondary N) is 1. The molecule has 214 valence electrons. The SMILES string of the molecule is COc1ccc(CN(C(=O)CN(c2ccc(C)cc2)S(=O)(=O)c2ccc(SC)cc2)C(C)C(=O)NC(C)C)cc1. The second kappa shape index (κ2) is 13.7. The lowest BCUT2D eigenvalue weighted by molar-refractivity contribution is -0.139. The van der Waals surface area contributed by atoms with Crippen LogP contribution in [0.2, 0.25) is 0 Å². The number of hydrogen-bond donors (Lipinski definition) is 1. The van der Waals surface area contributed by atoms with Gasteiger partial charge in [-0.2, -0.15) is 0 Å². The number of aryl methyl sites for hydroxylation is 1. The molecule has 8 nitrogen and oxygen atoms in total. The molecule has 10 heteroatoms. The maximum atomic E-state index is 13.9. The summed E-state index contributed by atoms with van der Waals surface area (Å²) in [5.74, 6) is -0.169. The first-order valence-corrected chi connectivity index (χ1v) is 15.6. The van der Waals surface area contributed by atoms with E-state index in [4.69, 9.17) is 4.74 Å². The smallest absolute Gasteiger partial charge is 0.264 e. The van der Waals surface area contributed by atoms with E-state index >= 15 is 0 Å². The number of benzene rings is 3. The molecule has 1 unspecified atom stereocenters. The van der Waals surface area contributed by atoms with Crippen LogP contribution in [0.4, 0.5) is 5.69 Å². The van der Waals surface area contributed by atoms with E-state index in [1.54, 1.807) is 74.7 Å². The van der Waals surface area contributed by atoms with Crippen LogP contribution >= 0.6 is 11.8 Å². The van der Waals surface area contributed by atoms with Crippen molar-refractivity contribution in [2.75, 3.05) is 24.2 Å². The highest BCUT2D eigenvalue weighted by Crippen LogP contribution is 2.26. The summed E-state index contributed by atoms with van der Waals surface area (Å²) in [6.07, 6.45) is 1.91. The minimum Gasteiger partial charge on any atom is -0.497 e. The number of carbonyl (C=O) groups excluding carboxylic acids is 2. The Labute approximate surface area is 241 Å². The highest BCUT2D eigenvalue weighted by Gasteiger charge is 2.32. The van der Waals surface area contributed by atoms with Crippen LogP contribution in [-0.2, 0) is 26.2 Å². The number of ether oxygens (including phenoxy) is 1. The topological polar surface area (TPSA) is 96.0 Å². The number of thioether (sulfide) groups is 1. The molecule has 0 heterocycles. The summed E-state index contributed by atoms with van der Waals surface area (Å²) in [5, 5.41) is 2.85. The summed E-state index contributed by atoms with van der Waals surface area (Å²) in [5.41, 5.74) is 2.09. The van der Waals surface area contributed by atoms with Crippen molar-refractivity contribution >= 4 is 39.3 Å². The molecule has 0 aliphatic carbocycles. The first-order valence-electron chi connectivity index (χ1n) is 12.9. The van der Waals surface area contributed by atoms with Crippen molar-refractivity contribution in [2.24, 2.45) is 0 Å². The number of anilines is 1. The van der Waals surface area contributed by atoms with Crippen LogP contribution in [0.1, 0.15) is 31.9 Å². The molecule has 0 aliphatic heterocycles. The van der Waals surface area contributed by atoms with Crippen molar-refractivity contribution in [2.45, 2.75) is 56.1 Å². The summed E-state index contributed by atoms with van der Waals surface area (Å²) >= 11 is 1.51. The molecule has 0 bridgehead atoms. The third-order valence-electron chi connectivity index (χ3n) is 6.36. The molecule has 0 spiro atoms. The standard InChI is InChI=1S/C30H37N3O5S2/c1-21(2)31-30(35)23(4)32(19-24-9-13-26(38-5)14-10-24)29(34)20-33(25-11-7-22(3)8-12-25)40(36,37)28-17-15-27(39-6)16-18-28/h7-18,21,23H,19-20H2,1-6H3,(H,31,35). The summed E-state index contributed by atoms with van der Waals surface area (Å²) in [4.78, 5) is 29.4. The first kappa shape index (κ1) is 31.0. The Bertz CT molecular complexity index is 1390. The Morgan fingerprint density at radius 3 is 2.05 bits per heavy atom. The zero-order valence-electron chi connectivity index (χ0n) is 23.7. The number of nitrogens with zero attached hydrogens (tertiary/aromatic N) is 2. The fourth-order valence-electron chi connectivity index (χ4n) is 4.03. The highest BCUT2D eigenvalue weighted by atomic mass is 32.2. The van der Waals surface area contributed by atoms with Gasteiger partial charge in [0.15, 0.2) is 0 Å². The summed E-state index contributed by atoms with van der Waals surface area (Å²) in [6.45, 7) is 6.86. The molecule has 0 aliphatic rings. The Kier molecular flexibility index (Phi) is 10.6. The van der Waals surface area contributed by atoms with Gasteiger partial charge in [-0.1, -0.05) is 29.8 Å². The number of sulfonamides is 1. The second-order valence-corrected chi connectivity index (χ2v) is 12.5. The lowest BCUT2D eigenvalue weighted by Crippen LogP contribution is -2.52. The number of hydrogen-bond acceptors (Lipinski definition) is 6. The van der Waals surface area contributed by atoms with E-state index in [0.29, 0.717) is 11.4 Å². The second-order valence-electron chi connectivity index (χ2n) is 9.73. The van der Waals surface area contributed by atoms with Gasteiger partial charge >= 0.3 is 0 Å². The molecule has 3 aromatic rings. The molecule has 0 radical (unpaired) electrons. The molecule has 1 N–H and O–H groups in total. The number of rotatable bonds is 12. The van der Waals surface area contributed by atoms with E-state index in [0.717, 1.165) is 20.3 Å². The van der Waals surface area contributed by atoms with Crippen LogP contribution in [0.5, 0.6) is 5.75 Å². The lowest BCUT2D eigenvalue weighted by Gasteiger charge is -2.32. The maximum Gasteiger partial charge on any atom is 0.264 e. The molecule has 2 amide bonds. The van der Waals surface area contributed by atoms with Crippen molar-refractivity contribution in [3.05, 3.63) is 83.9 Å². The van der Waals surface area contributed by atoms with Crippen molar-refractivity contribution < 1.29 is 22.7 Å². The zero-order chi connectivity index (χ0) is 29.4. The molecule has 0 fully saturated rings. The molecule has 3 rings (SSSR count). The Morgan fingerprint density at radius 2 is 1.52 bits per heavy atom. The van der Waals surface area contributed by atoms with Crippen molar-refractivity contribution in [1.29, 1.82) is 0 Å². The van der Waals surface area contributed by atoms with E-state index < -0.39 is 28.5 Å². The van der Waals surface area contributed by atoms with Gasteiger partial charge < -0.3 is 15.0 Å². The van der Waals surface area contributed by atoms with Gasteiger partial charge in [0.2, 0.25) is 11.8 Å². The molecule has 40 heavy (non-hydrogen) atoms. The predicted molar refractivity (Wildman–Crippen MR) is 160 cm³/mol. The summed E-state index contributed by atoms with van der Waals surface area (Å²) in [7, 11) is -2.54. The lowest BCUT2D eigenvalue weighted by atomic mass is 10.1. The minimum atomic E-state index is -4.11. The number of amides is 2. The zero-order valence-corrected chi connectivity index (χ0v) is 25.4. The van der Waals surface area contributed by atoms with Crippen LogP contribution < -0.4 is 14.4 Å². The van der Waals surface area contributed by atoms with Gasteiger partial charge in [0.1, 0.15) is 18.3 Å². The Hall–Kier alpha value is -3.50. The Morgan fingerprint density at radius 1 is 0.925 bits per heavy atom. The average Bonchev–Trinajstić information content (AvgIpc) is 2.94.